The van der Waals surface area contributed by atoms with E-state index >= 15 is 0 Å². The van der Waals surface area contributed by atoms with E-state index in [0.29, 0.717) is 12.5 Å². The lowest BCUT2D eigenvalue weighted by atomic mass is 9.99. The summed E-state index contributed by atoms with van der Waals surface area (Å²) in [6, 6.07) is 10.2. The van der Waals surface area contributed by atoms with Crippen LogP contribution in [0.1, 0.15) is 57.4 Å². The molecule has 0 saturated carbocycles. The quantitative estimate of drug-likeness (QED) is 0.174. The SMILES string of the molecule is CCNC(=NCc1cc(C(CC)CC)no1)NCCCn1cnc2ccccc21.I. The summed E-state index contributed by atoms with van der Waals surface area (Å²) in [7, 11) is 0. The molecule has 0 aliphatic carbocycles. The molecule has 0 aliphatic heterocycles. The lowest BCUT2D eigenvalue weighted by Gasteiger charge is -2.11. The van der Waals surface area contributed by atoms with Crippen LogP contribution >= 0.6 is 24.0 Å². The largest absolute Gasteiger partial charge is 0.359 e. The molecule has 0 amide bonds. The molecule has 1 aromatic carbocycles. The van der Waals surface area contributed by atoms with Gasteiger partial charge in [0.2, 0.25) is 0 Å². The first-order valence-corrected chi connectivity index (χ1v) is 10.6. The van der Waals surface area contributed by atoms with Crippen molar-refractivity contribution in [2.24, 2.45) is 4.99 Å². The zero-order valence-corrected chi connectivity index (χ0v) is 20.4. The molecule has 3 rings (SSSR count). The Morgan fingerprint density at radius 3 is 2.73 bits per heavy atom. The van der Waals surface area contributed by atoms with Gasteiger partial charge in [-0.1, -0.05) is 31.1 Å². The maximum atomic E-state index is 5.47. The van der Waals surface area contributed by atoms with Gasteiger partial charge in [0, 0.05) is 31.6 Å². The summed E-state index contributed by atoms with van der Waals surface area (Å²) in [4.78, 5) is 9.08. The van der Waals surface area contributed by atoms with E-state index in [0.717, 1.165) is 61.8 Å². The van der Waals surface area contributed by atoms with Crippen LogP contribution in [0.25, 0.3) is 11.0 Å². The van der Waals surface area contributed by atoms with Crippen molar-refractivity contribution in [3.05, 3.63) is 48.1 Å². The molecule has 7 nitrogen and oxygen atoms in total. The second-order valence-corrected chi connectivity index (χ2v) is 7.13. The summed E-state index contributed by atoms with van der Waals surface area (Å²) < 4.78 is 7.66. The van der Waals surface area contributed by atoms with E-state index in [9.17, 15) is 0 Å². The summed E-state index contributed by atoms with van der Waals surface area (Å²) in [5.41, 5.74) is 3.24. The minimum absolute atomic E-state index is 0. The molecule has 3 aromatic rings. The van der Waals surface area contributed by atoms with Crippen molar-refractivity contribution in [3.8, 4) is 0 Å². The fraction of sp³-hybridized carbons (Fsp3) is 0.500. The molecule has 0 aliphatic rings. The molecule has 2 N–H and O–H groups in total. The van der Waals surface area contributed by atoms with Gasteiger partial charge in [-0.3, -0.25) is 0 Å². The van der Waals surface area contributed by atoms with Gasteiger partial charge in [0.05, 0.1) is 23.1 Å². The standard InChI is InChI=1S/C22H32N6O.HI/c1-4-17(5-2)20-14-18(29-27-20)15-25-22(23-6-3)24-12-9-13-28-16-26-19-10-7-8-11-21(19)28;/h7-8,10-11,14,16-17H,4-6,9,12-13,15H2,1-3H3,(H2,23,24,25);1H. The molecule has 8 heteroatoms. The Bertz CT molecular complexity index is 915. The van der Waals surface area contributed by atoms with Crippen molar-refractivity contribution in [3.63, 3.8) is 0 Å². The lowest BCUT2D eigenvalue weighted by molar-refractivity contribution is 0.372. The number of aliphatic imine (C=N–C) groups is 1. The number of aryl methyl sites for hydroxylation is 1. The third-order valence-electron chi connectivity index (χ3n) is 5.11. The van der Waals surface area contributed by atoms with E-state index in [2.05, 4.69) is 57.2 Å². The van der Waals surface area contributed by atoms with Crippen molar-refractivity contribution in [2.45, 2.75) is 59.0 Å². The van der Waals surface area contributed by atoms with Gasteiger partial charge in [0.15, 0.2) is 11.7 Å². The van der Waals surface area contributed by atoms with Gasteiger partial charge >= 0.3 is 0 Å². The summed E-state index contributed by atoms with van der Waals surface area (Å²) >= 11 is 0. The Labute approximate surface area is 195 Å². The van der Waals surface area contributed by atoms with Crippen molar-refractivity contribution in [1.29, 1.82) is 0 Å². The number of fused-ring (bicyclic) bond motifs is 1. The number of halogens is 1. The average molecular weight is 524 g/mol. The van der Waals surface area contributed by atoms with Gasteiger partial charge in [0.25, 0.3) is 0 Å². The molecule has 0 unspecified atom stereocenters. The van der Waals surface area contributed by atoms with Crippen LogP contribution < -0.4 is 10.6 Å². The molecule has 2 aromatic heterocycles. The maximum Gasteiger partial charge on any atom is 0.191 e. The highest BCUT2D eigenvalue weighted by atomic mass is 127. The first-order valence-electron chi connectivity index (χ1n) is 10.6. The van der Waals surface area contributed by atoms with Crippen LogP contribution in [0, 0.1) is 0 Å². The van der Waals surface area contributed by atoms with E-state index in [1.54, 1.807) is 0 Å². The Balaban J connectivity index is 0.00000320. The van der Waals surface area contributed by atoms with Gasteiger partial charge in [-0.15, -0.1) is 24.0 Å². The number of nitrogens with zero attached hydrogens (tertiary/aromatic N) is 4. The molecule has 2 heterocycles. The fourth-order valence-corrected chi connectivity index (χ4v) is 3.45. The molecule has 0 bridgehead atoms. The molecule has 164 valence electrons. The number of hydrogen-bond acceptors (Lipinski definition) is 4. The highest BCUT2D eigenvalue weighted by molar-refractivity contribution is 14.0. The molecular weight excluding hydrogens is 491 g/mol. The third kappa shape index (κ3) is 6.45. The Hall–Kier alpha value is -2.10. The van der Waals surface area contributed by atoms with Crippen molar-refractivity contribution in [1.82, 2.24) is 25.3 Å². The van der Waals surface area contributed by atoms with E-state index in [1.807, 2.05) is 30.6 Å². The zero-order valence-electron chi connectivity index (χ0n) is 18.1. The number of nitrogens with one attached hydrogen (secondary N) is 2. The van der Waals surface area contributed by atoms with E-state index in [1.165, 1.54) is 5.52 Å². The number of benzene rings is 1. The van der Waals surface area contributed by atoms with E-state index in [4.69, 9.17) is 4.52 Å². The van der Waals surface area contributed by atoms with Crippen molar-refractivity contribution in [2.75, 3.05) is 13.1 Å². The number of aromatic nitrogens is 3. The second-order valence-electron chi connectivity index (χ2n) is 7.13. The molecule has 0 radical (unpaired) electrons. The van der Waals surface area contributed by atoms with E-state index < -0.39 is 0 Å². The molecule has 30 heavy (non-hydrogen) atoms. The summed E-state index contributed by atoms with van der Waals surface area (Å²) in [5, 5.41) is 10.9. The van der Waals surface area contributed by atoms with Gasteiger partial charge in [-0.25, -0.2) is 9.98 Å². The van der Waals surface area contributed by atoms with Crippen molar-refractivity contribution >= 4 is 41.0 Å². The monoisotopic (exact) mass is 524 g/mol. The Morgan fingerprint density at radius 1 is 1.17 bits per heavy atom. The number of imidazole rings is 1. The van der Waals surface area contributed by atoms with Crippen LogP contribution in [-0.2, 0) is 13.1 Å². The predicted molar refractivity (Wildman–Crippen MR) is 132 cm³/mol. The van der Waals surface area contributed by atoms with Gasteiger partial charge in [-0.2, -0.15) is 0 Å². The minimum Gasteiger partial charge on any atom is -0.359 e. The molecule has 0 spiro atoms. The first-order chi connectivity index (χ1) is 14.2. The topological polar surface area (TPSA) is 80.3 Å². The number of para-hydroxylation sites is 2. The van der Waals surface area contributed by atoms with Crippen molar-refractivity contribution < 1.29 is 4.52 Å². The smallest absolute Gasteiger partial charge is 0.191 e. The van der Waals surface area contributed by atoms with E-state index in [-0.39, 0.29) is 24.0 Å². The fourth-order valence-electron chi connectivity index (χ4n) is 3.45. The third-order valence-corrected chi connectivity index (χ3v) is 5.11. The summed E-state index contributed by atoms with van der Waals surface area (Å²) in [6.45, 7) is 9.46. The number of guanidine groups is 1. The normalized spacial score (nSPS) is 11.7. The summed E-state index contributed by atoms with van der Waals surface area (Å²) in [6.07, 6.45) is 5.03. The van der Waals surface area contributed by atoms with Gasteiger partial charge in [0.1, 0.15) is 6.54 Å². The summed E-state index contributed by atoms with van der Waals surface area (Å²) in [5.74, 6) is 2.06. The minimum atomic E-state index is 0. The molecule has 0 saturated heterocycles. The highest BCUT2D eigenvalue weighted by Crippen LogP contribution is 2.22. The van der Waals surface area contributed by atoms with Crippen LogP contribution in [0.2, 0.25) is 0 Å². The van der Waals surface area contributed by atoms with Gasteiger partial charge in [-0.05, 0) is 38.3 Å². The van der Waals surface area contributed by atoms with Gasteiger partial charge < -0.3 is 19.7 Å². The lowest BCUT2D eigenvalue weighted by Crippen LogP contribution is -2.38. The molecular formula is C22H33IN6O. The Morgan fingerprint density at radius 2 is 1.97 bits per heavy atom. The predicted octanol–water partition coefficient (Wildman–Crippen LogP) is 4.69. The first kappa shape index (κ1) is 24.2. The highest BCUT2D eigenvalue weighted by Gasteiger charge is 2.12. The Kier molecular flexibility index (Phi) is 10.1. The second kappa shape index (κ2) is 12.6. The maximum absolute atomic E-state index is 5.47. The average Bonchev–Trinajstić information content (AvgIpc) is 3.38. The van der Waals surface area contributed by atoms with Crippen LogP contribution in [0.4, 0.5) is 0 Å². The van der Waals surface area contributed by atoms with Crippen LogP contribution in [-0.4, -0.2) is 33.8 Å². The van der Waals surface area contributed by atoms with Crippen LogP contribution in [0.15, 0.2) is 46.2 Å². The molecule has 0 fully saturated rings. The zero-order chi connectivity index (χ0) is 20.5. The van der Waals surface area contributed by atoms with Crippen LogP contribution in [0.5, 0.6) is 0 Å². The number of hydrogen-bond donors (Lipinski definition) is 2. The number of rotatable bonds is 10. The van der Waals surface area contributed by atoms with Crippen LogP contribution in [0.3, 0.4) is 0 Å². The molecule has 0 atom stereocenters.